The molecule has 3 aromatic rings. The minimum absolute atomic E-state index is 0.479. The standard InChI is InChI=1S/C20H24N4O3/c21-14-5-6-19-17(11-14)16-3-1-2-4-18(16)24(19)13-15(25)12-22-7-9-23(10-8-22)20(26)27/h1-6,11,15,25H,7-10,12-13,21H2,(H,26,27). The number of piperazine rings is 1. The van der Waals surface area contributed by atoms with E-state index in [9.17, 15) is 9.90 Å². The molecule has 27 heavy (non-hydrogen) atoms. The van der Waals surface area contributed by atoms with Crippen LogP contribution in [0.25, 0.3) is 21.8 Å². The number of rotatable bonds is 4. The Balaban J connectivity index is 1.53. The van der Waals surface area contributed by atoms with Gasteiger partial charge in [0.05, 0.1) is 12.6 Å². The minimum atomic E-state index is -0.875. The normalized spacial score (nSPS) is 16.9. The number of aliphatic hydroxyl groups excluding tert-OH is 1. The van der Waals surface area contributed by atoms with E-state index in [0.717, 1.165) is 27.5 Å². The first-order chi connectivity index (χ1) is 13.0. The van der Waals surface area contributed by atoms with Gasteiger partial charge in [0.1, 0.15) is 0 Å². The Kier molecular flexibility index (Phi) is 4.63. The number of para-hydroxylation sites is 1. The summed E-state index contributed by atoms with van der Waals surface area (Å²) in [5.41, 5.74) is 8.83. The van der Waals surface area contributed by atoms with E-state index in [1.54, 1.807) is 0 Å². The fourth-order valence-corrected chi connectivity index (χ4v) is 3.96. The molecule has 4 N–H and O–H groups in total. The van der Waals surface area contributed by atoms with Crippen molar-refractivity contribution in [3.05, 3.63) is 42.5 Å². The summed E-state index contributed by atoms with van der Waals surface area (Å²) in [6, 6.07) is 14.0. The largest absolute Gasteiger partial charge is 0.465 e. The van der Waals surface area contributed by atoms with Crippen LogP contribution in [0.3, 0.4) is 0 Å². The third-order valence-corrected chi connectivity index (χ3v) is 5.30. The maximum absolute atomic E-state index is 11.0. The fraction of sp³-hybridized carbons (Fsp3) is 0.350. The topological polar surface area (TPSA) is 95.0 Å². The lowest BCUT2D eigenvalue weighted by molar-refractivity contribution is 0.0639. The minimum Gasteiger partial charge on any atom is -0.465 e. The quantitative estimate of drug-likeness (QED) is 0.613. The summed E-state index contributed by atoms with van der Waals surface area (Å²) < 4.78 is 2.14. The van der Waals surface area contributed by atoms with E-state index >= 15 is 0 Å². The van der Waals surface area contributed by atoms with Crippen molar-refractivity contribution in [2.75, 3.05) is 38.5 Å². The monoisotopic (exact) mass is 368 g/mol. The summed E-state index contributed by atoms with van der Waals surface area (Å²) in [5.74, 6) is 0. The number of anilines is 1. The molecule has 1 unspecified atom stereocenters. The van der Waals surface area contributed by atoms with Gasteiger partial charge in [-0.2, -0.15) is 0 Å². The van der Waals surface area contributed by atoms with E-state index in [-0.39, 0.29) is 0 Å². The van der Waals surface area contributed by atoms with Crippen molar-refractivity contribution in [2.24, 2.45) is 0 Å². The van der Waals surface area contributed by atoms with E-state index in [2.05, 4.69) is 21.6 Å². The molecule has 1 saturated heterocycles. The van der Waals surface area contributed by atoms with Gasteiger partial charge in [0.15, 0.2) is 0 Å². The lowest BCUT2D eigenvalue weighted by atomic mass is 10.1. The molecular weight excluding hydrogens is 344 g/mol. The first-order valence-corrected chi connectivity index (χ1v) is 9.17. The number of nitrogen functional groups attached to an aromatic ring is 1. The highest BCUT2D eigenvalue weighted by molar-refractivity contribution is 6.08. The van der Waals surface area contributed by atoms with E-state index in [1.165, 1.54) is 4.90 Å². The van der Waals surface area contributed by atoms with E-state index < -0.39 is 12.2 Å². The maximum Gasteiger partial charge on any atom is 0.407 e. The summed E-state index contributed by atoms with van der Waals surface area (Å²) >= 11 is 0. The van der Waals surface area contributed by atoms with Crippen LogP contribution in [-0.2, 0) is 6.54 Å². The Labute approximate surface area is 157 Å². The van der Waals surface area contributed by atoms with Crippen LogP contribution in [0.15, 0.2) is 42.5 Å². The van der Waals surface area contributed by atoms with Crippen molar-refractivity contribution in [3.63, 3.8) is 0 Å². The van der Waals surface area contributed by atoms with Crippen LogP contribution in [-0.4, -0.2) is 69.5 Å². The van der Waals surface area contributed by atoms with Gasteiger partial charge >= 0.3 is 6.09 Å². The Morgan fingerprint density at radius 2 is 1.70 bits per heavy atom. The number of carbonyl (C=O) groups is 1. The van der Waals surface area contributed by atoms with Gasteiger partial charge in [-0.05, 0) is 24.3 Å². The van der Waals surface area contributed by atoms with Crippen molar-refractivity contribution in [1.29, 1.82) is 0 Å². The molecule has 142 valence electrons. The average molecular weight is 368 g/mol. The van der Waals surface area contributed by atoms with Crippen molar-refractivity contribution >= 4 is 33.6 Å². The van der Waals surface area contributed by atoms with Gasteiger partial charge in [-0.1, -0.05) is 18.2 Å². The highest BCUT2D eigenvalue weighted by atomic mass is 16.4. The zero-order valence-electron chi connectivity index (χ0n) is 15.1. The molecule has 7 heteroatoms. The van der Waals surface area contributed by atoms with Crippen molar-refractivity contribution in [1.82, 2.24) is 14.4 Å². The molecule has 1 fully saturated rings. The Hall–Kier alpha value is -2.77. The average Bonchev–Trinajstić information content (AvgIpc) is 2.95. The zero-order chi connectivity index (χ0) is 19.0. The number of nitrogens with zero attached hydrogens (tertiary/aromatic N) is 3. The van der Waals surface area contributed by atoms with Crippen LogP contribution < -0.4 is 5.73 Å². The SMILES string of the molecule is Nc1ccc2c(c1)c1ccccc1n2CC(O)CN1CCN(C(=O)O)CC1. The van der Waals surface area contributed by atoms with Gasteiger partial charge in [0, 0.05) is 60.2 Å². The number of benzene rings is 2. The lowest BCUT2D eigenvalue weighted by Crippen LogP contribution is -2.50. The first kappa shape index (κ1) is 17.6. The van der Waals surface area contributed by atoms with Crippen molar-refractivity contribution in [2.45, 2.75) is 12.6 Å². The van der Waals surface area contributed by atoms with Gasteiger partial charge in [-0.25, -0.2) is 4.79 Å². The fourth-order valence-electron chi connectivity index (χ4n) is 3.96. The van der Waals surface area contributed by atoms with Crippen LogP contribution in [0.1, 0.15) is 0 Å². The second-order valence-electron chi connectivity index (χ2n) is 7.13. The van der Waals surface area contributed by atoms with E-state index in [0.29, 0.717) is 39.3 Å². The molecule has 0 saturated carbocycles. The second-order valence-corrected chi connectivity index (χ2v) is 7.13. The first-order valence-electron chi connectivity index (χ1n) is 9.17. The zero-order valence-corrected chi connectivity index (χ0v) is 15.1. The summed E-state index contributed by atoms with van der Waals surface area (Å²) in [5, 5.41) is 22.0. The molecule has 2 aromatic carbocycles. The number of fused-ring (bicyclic) bond motifs is 3. The molecule has 4 rings (SSSR count). The van der Waals surface area contributed by atoms with Crippen molar-refractivity contribution in [3.8, 4) is 0 Å². The molecule has 0 radical (unpaired) electrons. The lowest BCUT2D eigenvalue weighted by Gasteiger charge is -2.34. The summed E-state index contributed by atoms with van der Waals surface area (Å²) in [4.78, 5) is 14.6. The molecule has 1 atom stereocenters. The van der Waals surface area contributed by atoms with Gasteiger partial charge in [0.2, 0.25) is 0 Å². The molecule has 1 aliphatic rings. The molecule has 0 aliphatic carbocycles. The number of nitrogens with two attached hydrogens (primary N) is 1. The third kappa shape index (κ3) is 3.43. The molecule has 1 amide bonds. The summed E-state index contributed by atoms with van der Waals surface area (Å²) in [6.45, 7) is 3.26. The maximum atomic E-state index is 11.0. The number of β-amino-alcohol motifs (C(OH)–C–C–N with tert-alkyl or cyclic N) is 1. The Morgan fingerprint density at radius 3 is 2.44 bits per heavy atom. The number of aliphatic hydroxyl groups is 1. The molecule has 7 nitrogen and oxygen atoms in total. The van der Waals surface area contributed by atoms with Crippen molar-refractivity contribution < 1.29 is 15.0 Å². The van der Waals surface area contributed by atoms with Gasteiger partial charge in [-0.3, -0.25) is 4.90 Å². The second kappa shape index (κ2) is 7.09. The predicted molar refractivity (Wildman–Crippen MR) is 106 cm³/mol. The molecule has 1 aromatic heterocycles. The third-order valence-electron chi connectivity index (χ3n) is 5.30. The van der Waals surface area contributed by atoms with Crippen LogP contribution >= 0.6 is 0 Å². The van der Waals surface area contributed by atoms with Crippen LogP contribution in [0, 0.1) is 0 Å². The van der Waals surface area contributed by atoms with Crippen LogP contribution in [0.5, 0.6) is 0 Å². The number of aromatic nitrogens is 1. The summed E-state index contributed by atoms with van der Waals surface area (Å²) in [6.07, 6.45) is -1.42. The van der Waals surface area contributed by atoms with Gasteiger partial charge in [-0.15, -0.1) is 0 Å². The predicted octanol–water partition coefficient (Wildman–Crippen LogP) is 2.03. The van der Waals surface area contributed by atoms with E-state index in [1.807, 2.05) is 30.3 Å². The number of carboxylic acid groups (broad SMARTS) is 1. The van der Waals surface area contributed by atoms with Crippen LogP contribution in [0.2, 0.25) is 0 Å². The molecule has 1 aliphatic heterocycles. The van der Waals surface area contributed by atoms with Crippen LogP contribution in [0.4, 0.5) is 10.5 Å². The number of hydrogen-bond acceptors (Lipinski definition) is 4. The highest BCUT2D eigenvalue weighted by Gasteiger charge is 2.22. The Bertz CT molecular complexity index is 976. The number of hydrogen-bond donors (Lipinski definition) is 3. The van der Waals surface area contributed by atoms with Gasteiger partial charge < -0.3 is 25.4 Å². The van der Waals surface area contributed by atoms with Gasteiger partial charge in [0.25, 0.3) is 0 Å². The van der Waals surface area contributed by atoms with E-state index in [4.69, 9.17) is 10.8 Å². The highest BCUT2D eigenvalue weighted by Crippen LogP contribution is 2.30. The molecule has 0 spiro atoms. The summed E-state index contributed by atoms with van der Waals surface area (Å²) in [7, 11) is 0. The number of amides is 1. The molecular formula is C20H24N4O3. The Morgan fingerprint density at radius 1 is 1.00 bits per heavy atom. The smallest absolute Gasteiger partial charge is 0.407 e. The molecule has 0 bridgehead atoms. The molecule has 2 heterocycles.